The number of hydrogen-bond donors (Lipinski definition) is 2. The third kappa shape index (κ3) is 2.61. The topological polar surface area (TPSA) is 60.0 Å². The standard InChI is InChI=1S/C13H12F3N3O/c1-2-19-6-7(17)3-12(19)13(20)18-11-5-9(15)8(14)4-10(11)16/h3-6H,2,17H2,1H3,(H,18,20). The maximum Gasteiger partial charge on any atom is 0.272 e. The van der Waals surface area contributed by atoms with E-state index in [1.54, 1.807) is 17.7 Å². The van der Waals surface area contributed by atoms with Crippen LogP contribution >= 0.6 is 0 Å². The van der Waals surface area contributed by atoms with Crippen molar-refractivity contribution in [2.75, 3.05) is 11.1 Å². The lowest BCUT2D eigenvalue weighted by molar-refractivity contribution is 0.101. The Bertz CT molecular complexity index is 667. The van der Waals surface area contributed by atoms with Crippen molar-refractivity contribution in [3.63, 3.8) is 0 Å². The van der Waals surface area contributed by atoms with E-state index in [0.29, 0.717) is 24.4 Å². The molecule has 0 aliphatic carbocycles. The van der Waals surface area contributed by atoms with Gasteiger partial charge in [-0.1, -0.05) is 0 Å². The van der Waals surface area contributed by atoms with E-state index in [1.807, 2.05) is 0 Å². The highest BCUT2D eigenvalue weighted by molar-refractivity contribution is 6.03. The molecule has 1 aromatic carbocycles. The van der Waals surface area contributed by atoms with Gasteiger partial charge in [0.05, 0.1) is 11.4 Å². The van der Waals surface area contributed by atoms with Crippen molar-refractivity contribution in [1.82, 2.24) is 4.57 Å². The summed E-state index contributed by atoms with van der Waals surface area (Å²) in [6.07, 6.45) is 1.55. The SMILES string of the molecule is CCn1cc(N)cc1C(=O)Nc1cc(F)c(F)cc1F. The Morgan fingerprint density at radius 2 is 1.85 bits per heavy atom. The monoisotopic (exact) mass is 283 g/mol. The van der Waals surface area contributed by atoms with Gasteiger partial charge in [-0.05, 0) is 13.0 Å². The van der Waals surface area contributed by atoms with E-state index < -0.39 is 29.0 Å². The third-order valence-electron chi connectivity index (χ3n) is 2.75. The van der Waals surface area contributed by atoms with Gasteiger partial charge in [-0.15, -0.1) is 0 Å². The average molecular weight is 283 g/mol. The van der Waals surface area contributed by atoms with Crippen LogP contribution in [0.25, 0.3) is 0 Å². The molecule has 0 saturated carbocycles. The number of aromatic nitrogens is 1. The van der Waals surface area contributed by atoms with Crippen molar-refractivity contribution >= 4 is 17.3 Å². The fraction of sp³-hybridized carbons (Fsp3) is 0.154. The van der Waals surface area contributed by atoms with E-state index in [0.717, 1.165) is 0 Å². The molecule has 1 aromatic heterocycles. The Kier molecular flexibility index (Phi) is 3.69. The number of nitrogens with zero attached hydrogens (tertiary/aromatic N) is 1. The quantitative estimate of drug-likeness (QED) is 0.851. The molecule has 0 aliphatic heterocycles. The van der Waals surface area contributed by atoms with Gasteiger partial charge in [-0.2, -0.15) is 0 Å². The number of anilines is 2. The number of halogens is 3. The number of carbonyl (C=O) groups is 1. The highest BCUT2D eigenvalue weighted by atomic mass is 19.2. The Balaban J connectivity index is 2.30. The second kappa shape index (κ2) is 5.28. The highest BCUT2D eigenvalue weighted by Gasteiger charge is 2.16. The predicted molar refractivity (Wildman–Crippen MR) is 68.8 cm³/mol. The molecule has 0 fully saturated rings. The summed E-state index contributed by atoms with van der Waals surface area (Å²) in [6.45, 7) is 2.29. The van der Waals surface area contributed by atoms with Crippen molar-refractivity contribution in [2.45, 2.75) is 13.5 Å². The van der Waals surface area contributed by atoms with Crippen LogP contribution in [0.3, 0.4) is 0 Å². The molecule has 3 N–H and O–H groups in total. The van der Waals surface area contributed by atoms with Crippen molar-refractivity contribution in [2.24, 2.45) is 0 Å². The highest BCUT2D eigenvalue weighted by Crippen LogP contribution is 2.20. The normalized spacial score (nSPS) is 10.6. The molecule has 106 valence electrons. The zero-order valence-corrected chi connectivity index (χ0v) is 10.6. The smallest absolute Gasteiger partial charge is 0.272 e. The number of nitrogens with one attached hydrogen (secondary N) is 1. The van der Waals surface area contributed by atoms with Crippen LogP contribution < -0.4 is 11.1 Å². The second-order valence-electron chi connectivity index (χ2n) is 4.14. The van der Waals surface area contributed by atoms with Gasteiger partial charge in [0.1, 0.15) is 11.5 Å². The second-order valence-corrected chi connectivity index (χ2v) is 4.14. The maximum absolute atomic E-state index is 13.4. The van der Waals surface area contributed by atoms with Crippen molar-refractivity contribution in [3.8, 4) is 0 Å². The number of hydrogen-bond acceptors (Lipinski definition) is 2. The Hall–Kier alpha value is -2.44. The molecule has 4 nitrogen and oxygen atoms in total. The van der Waals surface area contributed by atoms with Crippen molar-refractivity contribution < 1.29 is 18.0 Å². The lowest BCUT2D eigenvalue weighted by Gasteiger charge is -2.08. The van der Waals surface area contributed by atoms with Gasteiger partial charge in [0.25, 0.3) is 5.91 Å². The first kappa shape index (κ1) is 14.0. The fourth-order valence-corrected chi connectivity index (χ4v) is 1.79. The van der Waals surface area contributed by atoms with Crippen LogP contribution in [0.15, 0.2) is 24.4 Å². The minimum Gasteiger partial charge on any atom is -0.397 e. The molecule has 0 unspecified atom stereocenters. The number of benzene rings is 1. The van der Waals surface area contributed by atoms with E-state index >= 15 is 0 Å². The summed E-state index contributed by atoms with van der Waals surface area (Å²) in [4.78, 5) is 12.0. The maximum atomic E-state index is 13.4. The number of nitrogens with two attached hydrogens (primary N) is 1. The minimum atomic E-state index is -1.32. The van der Waals surface area contributed by atoms with Gasteiger partial charge in [-0.25, -0.2) is 13.2 Å². The van der Waals surface area contributed by atoms with Crippen molar-refractivity contribution in [1.29, 1.82) is 0 Å². The van der Waals surface area contributed by atoms with E-state index in [-0.39, 0.29) is 5.69 Å². The van der Waals surface area contributed by atoms with Gasteiger partial charge in [0.2, 0.25) is 0 Å². The van der Waals surface area contributed by atoms with Crippen LogP contribution in [0, 0.1) is 17.5 Å². The zero-order valence-electron chi connectivity index (χ0n) is 10.6. The number of amides is 1. The summed E-state index contributed by atoms with van der Waals surface area (Å²) in [5, 5.41) is 2.19. The average Bonchev–Trinajstić information content (AvgIpc) is 2.77. The summed E-state index contributed by atoms with van der Waals surface area (Å²) in [5.74, 6) is -4.28. The van der Waals surface area contributed by atoms with Gasteiger partial charge in [0.15, 0.2) is 11.6 Å². The van der Waals surface area contributed by atoms with Gasteiger partial charge in [-0.3, -0.25) is 4.79 Å². The molecule has 1 amide bonds. The molecule has 2 rings (SSSR count). The summed E-state index contributed by atoms with van der Waals surface area (Å²) in [5.41, 5.74) is 5.72. The summed E-state index contributed by atoms with van der Waals surface area (Å²) >= 11 is 0. The van der Waals surface area contributed by atoms with Crippen LogP contribution in [0.1, 0.15) is 17.4 Å². The summed E-state index contributed by atoms with van der Waals surface area (Å²) < 4.78 is 40.8. The molecule has 0 saturated heterocycles. The first-order chi connectivity index (χ1) is 9.42. The van der Waals surface area contributed by atoms with Crippen LogP contribution in [0.2, 0.25) is 0 Å². The zero-order chi connectivity index (χ0) is 14.9. The van der Waals surface area contributed by atoms with Crippen LogP contribution in [0.4, 0.5) is 24.5 Å². The molecular weight excluding hydrogens is 271 g/mol. The molecule has 0 spiro atoms. The predicted octanol–water partition coefficient (Wildman–Crippen LogP) is 2.76. The summed E-state index contributed by atoms with van der Waals surface area (Å²) in [7, 11) is 0. The van der Waals surface area contributed by atoms with E-state index in [1.165, 1.54) is 6.07 Å². The molecule has 7 heteroatoms. The number of aryl methyl sites for hydroxylation is 1. The molecule has 0 bridgehead atoms. The van der Waals surface area contributed by atoms with Crippen LogP contribution in [-0.2, 0) is 6.54 Å². The molecule has 0 radical (unpaired) electrons. The molecule has 20 heavy (non-hydrogen) atoms. The minimum absolute atomic E-state index is 0.203. The third-order valence-corrected chi connectivity index (χ3v) is 2.75. The Labute approximate surface area is 113 Å². The molecular formula is C13H12F3N3O. The summed E-state index contributed by atoms with van der Waals surface area (Å²) in [6, 6.07) is 2.37. The Morgan fingerprint density at radius 3 is 2.50 bits per heavy atom. The van der Waals surface area contributed by atoms with E-state index in [2.05, 4.69) is 5.32 Å². The lowest BCUT2D eigenvalue weighted by Crippen LogP contribution is -2.17. The first-order valence-corrected chi connectivity index (χ1v) is 5.84. The number of nitrogen functional groups attached to an aromatic ring is 1. The molecule has 1 heterocycles. The number of rotatable bonds is 3. The Morgan fingerprint density at radius 1 is 1.20 bits per heavy atom. The largest absolute Gasteiger partial charge is 0.397 e. The van der Waals surface area contributed by atoms with Crippen molar-refractivity contribution in [3.05, 3.63) is 47.5 Å². The van der Waals surface area contributed by atoms with Crippen LogP contribution in [-0.4, -0.2) is 10.5 Å². The molecule has 2 aromatic rings. The fourth-order valence-electron chi connectivity index (χ4n) is 1.79. The van der Waals surface area contributed by atoms with E-state index in [4.69, 9.17) is 5.73 Å². The van der Waals surface area contributed by atoms with E-state index in [9.17, 15) is 18.0 Å². The van der Waals surface area contributed by atoms with Gasteiger partial charge in [0, 0.05) is 24.9 Å². The first-order valence-electron chi connectivity index (χ1n) is 5.84. The van der Waals surface area contributed by atoms with Gasteiger partial charge < -0.3 is 15.6 Å². The van der Waals surface area contributed by atoms with Crippen LogP contribution in [0.5, 0.6) is 0 Å². The molecule has 0 aliphatic rings. The number of carbonyl (C=O) groups excluding carboxylic acids is 1. The lowest BCUT2D eigenvalue weighted by atomic mass is 10.2. The molecule has 0 atom stereocenters. The van der Waals surface area contributed by atoms with Gasteiger partial charge >= 0.3 is 0 Å².